The van der Waals surface area contributed by atoms with E-state index in [-0.39, 0.29) is 11.6 Å². The van der Waals surface area contributed by atoms with Gasteiger partial charge in [0.1, 0.15) is 11.5 Å². The summed E-state index contributed by atoms with van der Waals surface area (Å²) in [7, 11) is 1.62. The summed E-state index contributed by atoms with van der Waals surface area (Å²) in [5, 5.41) is 0. The standard InChI is InChI=1S/C21H19NO4/c1-3-25-17-13-11-16(12-14-17)20-22-18(21(23)26-20)9-6-8-15-7-4-5-10-19(15)24-2/h4-14H,3H2,1-2H3/b8-6+,18-9-. The molecular formula is C21H19NO4. The van der Waals surface area contributed by atoms with E-state index < -0.39 is 5.97 Å². The largest absolute Gasteiger partial charge is 0.496 e. The lowest BCUT2D eigenvalue weighted by atomic mass is 10.2. The van der Waals surface area contributed by atoms with E-state index in [1.54, 1.807) is 19.3 Å². The molecule has 1 aliphatic rings. The van der Waals surface area contributed by atoms with Crippen molar-refractivity contribution in [3.8, 4) is 11.5 Å². The first-order valence-corrected chi connectivity index (χ1v) is 8.26. The van der Waals surface area contributed by atoms with Crippen LogP contribution < -0.4 is 9.47 Å². The maximum atomic E-state index is 12.0. The number of carbonyl (C=O) groups is 1. The second-order valence-electron chi connectivity index (χ2n) is 5.42. The molecular weight excluding hydrogens is 330 g/mol. The Balaban J connectivity index is 1.77. The number of cyclic esters (lactones) is 1. The fourth-order valence-corrected chi connectivity index (χ4v) is 2.45. The van der Waals surface area contributed by atoms with Crippen LogP contribution in [0.15, 0.2) is 71.4 Å². The molecule has 0 amide bonds. The van der Waals surface area contributed by atoms with Crippen molar-refractivity contribution in [1.82, 2.24) is 0 Å². The molecule has 0 atom stereocenters. The third-order valence-corrected chi connectivity index (χ3v) is 3.70. The summed E-state index contributed by atoms with van der Waals surface area (Å²) >= 11 is 0. The summed E-state index contributed by atoms with van der Waals surface area (Å²) in [4.78, 5) is 16.3. The number of hydrogen-bond donors (Lipinski definition) is 0. The van der Waals surface area contributed by atoms with E-state index in [9.17, 15) is 4.79 Å². The van der Waals surface area contributed by atoms with Crippen molar-refractivity contribution in [2.45, 2.75) is 6.92 Å². The van der Waals surface area contributed by atoms with Gasteiger partial charge in [0.25, 0.3) is 0 Å². The summed E-state index contributed by atoms with van der Waals surface area (Å²) in [6.07, 6.45) is 5.22. The zero-order chi connectivity index (χ0) is 18.4. The molecule has 2 aromatic rings. The van der Waals surface area contributed by atoms with Crippen LogP contribution in [0.2, 0.25) is 0 Å². The van der Waals surface area contributed by atoms with Crippen LogP contribution >= 0.6 is 0 Å². The Morgan fingerprint density at radius 1 is 1.12 bits per heavy atom. The van der Waals surface area contributed by atoms with Gasteiger partial charge in [-0.25, -0.2) is 9.79 Å². The van der Waals surface area contributed by atoms with Crippen molar-refractivity contribution < 1.29 is 19.0 Å². The molecule has 5 heteroatoms. The van der Waals surface area contributed by atoms with Gasteiger partial charge in [-0.15, -0.1) is 0 Å². The molecule has 5 nitrogen and oxygen atoms in total. The molecule has 1 heterocycles. The number of ether oxygens (including phenoxy) is 3. The van der Waals surface area contributed by atoms with Crippen LogP contribution in [0.3, 0.4) is 0 Å². The lowest BCUT2D eigenvalue weighted by molar-refractivity contribution is -0.130. The predicted octanol–water partition coefficient (Wildman–Crippen LogP) is 3.99. The minimum atomic E-state index is -0.474. The molecule has 0 aliphatic carbocycles. The first kappa shape index (κ1) is 17.5. The Kier molecular flexibility index (Phi) is 5.49. The topological polar surface area (TPSA) is 57.1 Å². The van der Waals surface area contributed by atoms with E-state index in [2.05, 4.69) is 4.99 Å². The molecule has 2 aromatic carbocycles. The summed E-state index contributed by atoms with van der Waals surface area (Å²) in [6.45, 7) is 2.52. The van der Waals surface area contributed by atoms with Gasteiger partial charge in [0.2, 0.25) is 5.90 Å². The van der Waals surface area contributed by atoms with E-state index in [1.807, 2.05) is 61.5 Å². The molecule has 0 saturated heterocycles. The highest BCUT2D eigenvalue weighted by Gasteiger charge is 2.23. The van der Waals surface area contributed by atoms with Gasteiger partial charge in [-0.05, 0) is 43.3 Å². The van der Waals surface area contributed by atoms with Gasteiger partial charge >= 0.3 is 5.97 Å². The number of carbonyl (C=O) groups excluding carboxylic acids is 1. The molecule has 3 rings (SSSR count). The van der Waals surface area contributed by atoms with E-state index in [0.717, 1.165) is 22.6 Å². The second-order valence-corrected chi connectivity index (χ2v) is 5.42. The Bertz CT molecular complexity index is 879. The summed E-state index contributed by atoms with van der Waals surface area (Å²) in [5.74, 6) is 1.33. The van der Waals surface area contributed by atoms with Gasteiger partial charge in [-0.2, -0.15) is 0 Å². The Morgan fingerprint density at radius 3 is 2.62 bits per heavy atom. The summed E-state index contributed by atoms with van der Waals surface area (Å²) < 4.78 is 15.9. The van der Waals surface area contributed by atoms with Gasteiger partial charge in [-0.1, -0.05) is 30.4 Å². The van der Waals surface area contributed by atoms with Crippen molar-refractivity contribution in [2.24, 2.45) is 4.99 Å². The Morgan fingerprint density at radius 2 is 1.88 bits per heavy atom. The van der Waals surface area contributed by atoms with E-state index >= 15 is 0 Å². The number of para-hydroxylation sites is 1. The minimum absolute atomic E-state index is 0.250. The van der Waals surface area contributed by atoms with Crippen molar-refractivity contribution in [2.75, 3.05) is 13.7 Å². The molecule has 0 radical (unpaired) electrons. The Labute approximate surface area is 152 Å². The van der Waals surface area contributed by atoms with Crippen LogP contribution in [-0.4, -0.2) is 25.6 Å². The number of rotatable bonds is 6. The predicted molar refractivity (Wildman–Crippen MR) is 100 cm³/mol. The molecule has 0 spiro atoms. The molecule has 0 unspecified atom stereocenters. The van der Waals surface area contributed by atoms with Gasteiger partial charge in [0.05, 0.1) is 13.7 Å². The number of hydrogen-bond acceptors (Lipinski definition) is 5. The zero-order valence-electron chi connectivity index (χ0n) is 14.6. The summed E-state index contributed by atoms with van der Waals surface area (Å²) in [6, 6.07) is 14.9. The van der Waals surface area contributed by atoms with E-state index in [1.165, 1.54) is 0 Å². The molecule has 26 heavy (non-hydrogen) atoms. The molecule has 0 saturated carbocycles. The van der Waals surface area contributed by atoms with Crippen molar-refractivity contribution >= 4 is 17.9 Å². The van der Waals surface area contributed by atoms with Gasteiger partial charge in [0.15, 0.2) is 5.70 Å². The molecule has 0 N–H and O–H groups in total. The lowest BCUT2D eigenvalue weighted by Gasteiger charge is -2.03. The summed E-state index contributed by atoms with van der Waals surface area (Å²) in [5.41, 5.74) is 1.88. The molecule has 1 aliphatic heterocycles. The average molecular weight is 349 g/mol. The average Bonchev–Trinajstić information content (AvgIpc) is 3.04. The van der Waals surface area contributed by atoms with Gasteiger partial charge in [0, 0.05) is 11.1 Å². The van der Waals surface area contributed by atoms with E-state index in [4.69, 9.17) is 14.2 Å². The Hall–Kier alpha value is -3.34. The first-order chi connectivity index (χ1) is 12.7. The lowest BCUT2D eigenvalue weighted by Crippen LogP contribution is -2.05. The van der Waals surface area contributed by atoms with Crippen molar-refractivity contribution in [3.05, 3.63) is 77.5 Å². The monoisotopic (exact) mass is 349 g/mol. The highest BCUT2D eigenvalue weighted by Crippen LogP contribution is 2.21. The highest BCUT2D eigenvalue weighted by atomic mass is 16.6. The van der Waals surface area contributed by atoms with Gasteiger partial charge < -0.3 is 14.2 Å². The number of esters is 1. The molecule has 132 valence electrons. The number of allylic oxidation sites excluding steroid dienone is 2. The van der Waals surface area contributed by atoms with Crippen molar-refractivity contribution in [1.29, 1.82) is 0 Å². The number of methoxy groups -OCH3 is 1. The molecule has 0 bridgehead atoms. The van der Waals surface area contributed by atoms with E-state index in [0.29, 0.717) is 6.61 Å². The van der Waals surface area contributed by atoms with Crippen LogP contribution in [0, 0.1) is 0 Å². The minimum Gasteiger partial charge on any atom is -0.496 e. The normalized spacial score (nSPS) is 15.2. The van der Waals surface area contributed by atoms with Gasteiger partial charge in [-0.3, -0.25) is 0 Å². The second kappa shape index (κ2) is 8.16. The fourth-order valence-electron chi connectivity index (χ4n) is 2.45. The highest BCUT2D eigenvalue weighted by molar-refractivity contribution is 6.11. The molecule has 0 fully saturated rings. The fraction of sp³-hybridized carbons (Fsp3) is 0.143. The van der Waals surface area contributed by atoms with Crippen LogP contribution in [0.5, 0.6) is 11.5 Å². The van der Waals surface area contributed by atoms with Crippen molar-refractivity contribution in [3.63, 3.8) is 0 Å². The number of benzene rings is 2. The first-order valence-electron chi connectivity index (χ1n) is 8.26. The van der Waals surface area contributed by atoms with Crippen LogP contribution in [0.1, 0.15) is 18.1 Å². The number of aliphatic imine (C=N–C) groups is 1. The smallest absolute Gasteiger partial charge is 0.363 e. The number of nitrogens with zero attached hydrogens (tertiary/aromatic N) is 1. The SMILES string of the molecule is CCOc1ccc(C2=N/C(=C\C=C\c3ccccc3OC)C(=O)O2)cc1. The molecule has 0 aromatic heterocycles. The third-order valence-electron chi connectivity index (χ3n) is 3.70. The maximum absolute atomic E-state index is 12.0. The third kappa shape index (κ3) is 4.00. The maximum Gasteiger partial charge on any atom is 0.363 e. The van der Waals surface area contributed by atoms with Crippen LogP contribution in [0.4, 0.5) is 0 Å². The van der Waals surface area contributed by atoms with Crippen LogP contribution in [0.25, 0.3) is 6.08 Å². The quantitative estimate of drug-likeness (QED) is 0.584. The zero-order valence-corrected chi connectivity index (χ0v) is 14.6. The van der Waals surface area contributed by atoms with Crippen LogP contribution in [-0.2, 0) is 9.53 Å².